The standard InChI is InChI=1S/C33H43N3O7/c1-6-32-16-17-33(43-32)27(26(32)29(38)34-21-10-14-25(15-11-21)42-7-2)31(40)36(23(19-37)18-20(3)4)28(33)30(39)35-22-8-12-24(41-5)13-9-22/h8-15,20,23,26-28,37H,6-7,16-19H2,1-5H3,(H,34,38)(H,35,39)/t23-,26-,27+,28?,32+,33?/m1/s1. The molecule has 5 rings (SSSR count). The quantitative estimate of drug-likeness (QED) is 0.336. The van der Waals surface area contributed by atoms with E-state index in [1.165, 1.54) is 4.90 Å². The first-order chi connectivity index (χ1) is 20.6. The van der Waals surface area contributed by atoms with Crippen LogP contribution in [0.25, 0.3) is 0 Å². The zero-order chi connectivity index (χ0) is 30.9. The van der Waals surface area contributed by atoms with Crippen molar-refractivity contribution in [2.24, 2.45) is 17.8 Å². The molecular formula is C33H43N3O7. The average molecular weight is 594 g/mol. The number of carbonyl (C=O) groups excluding carboxylic acids is 3. The molecule has 0 radical (unpaired) electrons. The minimum Gasteiger partial charge on any atom is -0.497 e. The van der Waals surface area contributed by atoms with E-state index in [0.29, 0.717) is 55.2 Å². The number of aliphatic hydroxyl groups is 1. The van der Waals surface area contributed by atoms with Crippen molar-refractivity contribution in [1.82, 2.24) is 4.90 Å². The number of aliphatic hydroxyl groups excluding tert-OH is 1. The van der Waals surface area contributed by atoms with Crippen LogP contribution >= 0.6 is 0 Å². The smallest absolute Gasteiger partial charge is 0.250 e. The molecule has 3 heterocycles. The second-order valence-electron chi connectivity index (χ2n) is 12.2. The van der Waals surface area contributed by atoms with Gasteiger partial charge in [-0.2, -0.15) is 0 Å². The van der Waals surface area contributed by atoms with E-state index in [-0.39, 0.29) is 24.3 Å². The Morgan fingerprint density at radius 1 is 1.00 bits per heavy atom. The Morgan fingerprint density at radius 2 is 1.60 bits per heavy atom. The molecule has 0 aliphatic carbocycles. The maximum atomic E-state index is 14.5. The third kappa shape index (κ3) is 5.35. The first-order valence-corrected chi connectivity index (χ1v) is 15.2. The molecule has 2 bridgehead atoms. The van der Waals surface area contributed by atoms with Gasteiger partial charge in [0.05, 0.1) is 43.8 Å². The molecule has 3 fully saturated rings. The minimum absolute atomic E-state index is 0.158. The summed E-state index contributed by atoms with van der Waals surface area (Å²) in [7, 11) is 1.57. The average Bonchev–Trinajstić information content (AvgIpc) is 3.61. The number of benzene rings is 2. The first-order valence-electron chi connectivity index (χ1n) is 15.2. The Kier molecular flexibility index (Phi) is 8.72. The third-order valence-electron chi connectivity index (χ3n) is 9.29. The highest BCUT2D eigenvalue weighted by Crippen LogP contribution is 2.64. The van der Waals surface area contributed by atoms with Crippen LogP contribution in [0, 0.1) is 17.8 Å². The fourth-order valence-electron chi connectivity index (χ4n) is 7.47. The van der Waals surface area contributed by atoms with E-state index < -0.39 is 41.0 Å². The number of fused-ring (bicyclic) bond motifs is 1. The summed E-state index contributed by atoms with van der Waals surface area (Å²) in [4.78, 5) is 44.3. The van der Waals surface area contributed by atoms with Gasteiger partial charge in [0.1, 0.15) is 23.1 Å². The van der Waals surface area contributed by atoms with Gasteiger partial charge in [-0.15, -0.1) is 0 Å². The topological polar surface area (TPSA) is 126 Å². The van der Waals surface area contributed by atoms with Crippen LogP contribution in [0.4, 0.5) is 11.4 Å². The summed E-state index contributed by atoms with van der Waals surface area (Å²) in [6, 6.07) is 12.4. The maximum Gasteiger partial charge on any atom is 0.250 e. The maximum absolute atomic E-state index is 14.5. The van der Waals surface area contributed by atoms with Gasteiger partial charge >= 0.3 is 0 Å². The Balaban J connectivity index is 1.51. The Hall–Kier alpha value is -3.63. The molecule has 3 saturated heterocycles. The van der Waals surface area contributed by atoms with Crippen LogP contribution in [0.5, 0.6) is 11.5 Å². The minimum atomic E-state index is -1.20. The van der Waals surface area contributed by atoms with Gasteiger partial charge in [0, 0.05) is 11.4 Å². The molecule has 10 nitrogen and oxygen atoms in total. The van der Waals surface area contributed by atoms with E-state index in [1.54, 1.807) is 55.6 Å². The lowest BCUT2D eigenvalue weighted by molar-refractivity contribution is -0.148. The summed E-state index contributed by atoms with van der Waals surface area (Å²) in [5, 5.41) is 16.5. The van der Waals surface area contributed by atoms with Gasteiger partial charge in [-0.05, 0) is 87.1 Å². The molecule has 3 amide bonds. The van der Waals surface area contributed by atoms with Gasteiger partial charge in [0.2, 0.25) is 17.7 Å². The van der Waals surface area contributed by atoms with Crippen molar-refractivity contribution in [3.63, 3.8) is 0 Å². The van der Waals surface area contributed by atoms with Gasteiger partial charge in [0.15, 0.2) is 0 Å². The van der Waals surface area contributed by atoms with Crippen LogP contribution in [-0.4, -0.2) is 71.3 Å². The second kappa shape index (κ2) is 12.2. The highest BCUT2D eigenvalue weighted by molar-refractivity contribution is 6.05. The third-order valence-corrected chi connectivity index (χ3v) is 9.29. The van der Waals surface area contributed by atoms with Crippen LogP contribution in [0.15, 0.2) is 48.5 Å². The van der Waals surface area contributed by atoms with E-state index in [4.69, 9.17) is 14.2 Å². The lowest BCUT2D eigenvalue weighted by Gasteiger charge is -2.37. The number of rotatable bonds is 12. The molecule has 0 aromatic heterocycles. The molecule has 43 heavy (non-hydrogen) atoms. The number of hydrogen-bond acceptors (Lipinski definition) is 7. The summed E-state index contributed by atoms with van der Waals surface area (Å²) in [5.41, 5.74) is -0.951. The Bertz CT molecular complexity index is 1330. The summed E-state index contributed by atoms with van der Waals surface area (Å²) in [5.74, 6) is -1.20. The molecular weight excluding hydrogens is 550 g/mol. The zero-order valence-electron chi connectivity index (χ0n) is 25.6. The van der Waals surface area contributed by atoms with Crippen LogP contribution < -0.4 is 20.1 Å². The molecule has 2 aromatic carbocycles. The highest BCUT2D eigenvalue weighted by atomic mass is 16.5. The Labute approximate surface area is 253 Å². The van der Waals surface area contributed by atoms with Crippen LogP contribution in [0.2, 0.25) is 0 Å². The van der Waals surface area contributed by atoms with E-state index in [0.717, 1.165) is 0 Å². The molecule has 3 aliphatic heterocycles. The van der Waals surface area contributed by atoms with Gasteiger partial charge in [0.25, 0.3) is 0 Å². The fourth-order valence-corrected chi connectivity index (χ4v) is 7.47. The number of amides is 3. The summed E-state index contributed by atoms with van der Waals surface area (Å²) >= 11 is 0. The van der Waals surface area contributed by atoms with E-state index in [1.807, 2.05) is 27.7 Å². The van der Waals surface area contributed by atoms with E-state index >= 15 is 0 Å². The van der Waals surface area contributed by atoms with Gasteiger partial charge < -0.3 is 34.9 Å². The van der Waals surface area contributed by atoms with Crippen molar-refractivity contribution >= 4 is 29.1 Å². The van der Waals surface area contributed by atoms with Crippen molar-refractivity contribution in [3.05, 3.63) is 48.5 Å². The molecule has 2 aromatic rings. The normalized spacial score (nSPS) is 28.1. The number of ether oxygens (including phenoxy) is 3. The predicted molar refractivity (Wildman–Crippen MR) is 162 cm³/mol. The van der Waals surface area contributed by atoms with E-state index in [9.17, 15) is 19.5 Å². The van der Waals surface area contributed by atoms with Gasteiger partial charge in [-0.25, -0.2) is 0 Å². The van der Waals surface area contributed by atoms with Crippen LogP contribution in [-0.2, 0) is 19.1 Å². The SMILES string of the molecule is CCOc1ccc(NC(=O)[C@H]2[C@H]3C(=O)N([C@@H](CO)CC(C)C)C(C(=O)Nc4ccc(OC)cc4)C34CC[C@]2(CC)O4)cc1. The van der Waals surface area contributed by atoms with Gasteiger partial charge in [-0.3, -0.25) is 14.4 Å². The lowest BCUT2D eigenvalue weighted by atomic mass is 9.65. The van der Waals surface area contributed by atoms with E-state index in [2.05, 4.69) is 10.6 Å². The number of anilines is 2. The number of nitrogens with one attached hydrogen (secondary N) is 2. The largest absolute Gasteiger partial charge is 0.497 e. The van der Waals surface area contributed by atoms with Crippen molar-refractivity contribution in [2.75, 3.05) is 31.0 Å². The number of nitrogens with zero attached hydrogens (tertiary/aromatic N) is 1. The summed E-state index contributed by atoms with van der Waals surface area (Å²) < 4.78 is 17.6. The number of likely N-dealkylation sites (tertiary alicyclic amines) is 1. The molecule has 3 aliphatic rings. The first kappa shape index (κ1) is 30.8. The second-order valence-corrected chi connectivity index (χ2v) is 12.2. The van der Waals surface area contributed by atoms with Crippen molar-refractivity contribution in [1.29, 1.82) is 0 Å². The van der Waals surface area contributed by atoms with Crippen molar-refractivity contribution < 1.29 is 33.7 Å². The van der Waals surface area contributed by atoms with Crippen molar-refractivity contribution in [2.45, 2.75) is 76.7 Å². The number of hydrogen-bond donors (Lipinski definition) is 3. The lowest BCUT2D eigenvalue weighted by Crippen LogP contribution is -2.56. The van der Waals surface area contributed by atoms with Crippen molar-refractivity contribution in [3.8, 4) is 11.5 Å². The number of methoxy groups -OCH3 is 1. The molecule has 1 spiro atoms. The van der Waals surface area contributed by atoms with Gasteiger partial charge in [-0.1, -0.05) is 20.8 Å². The molecule has 2 unspecified atom stereocenters. The molecule has 3 N–H and O–H groups in total. The predicted octanol–water partition coefficient (Wildman–Crippen LogP) is 4.23. The van der Waals surface area contributed by atoms with Crippen LogP contribution in [0.1, 0.15) is 53.4 Å². The monoisotopic (exact) mass is 593 g/mol. The fraction of sp³-hybridized carbons (Fsp3) is 0.545. The van der Waals surface area contributed by atoms with Crippen LogP contribution in [0.3, 0.4) is 0 Å². The summed E-state index contributed by atoms with van der Waals surface area (Å²) in [6.45, 7) is 8.11. The molecule has 232 valence electrons. The Morgan fingerprint density at radius 3 is 2.14 bits per heavy atom. The molecule has 6 atom stereocenters. The highest BCUT2D eigenvalue weighted by Gasteiger charge is 2.79. The molecule has 10 heteroatoms. The summed E-state index contributed by atoms with van der Waals surface area (Å²) in [6.07, 6.45) is 2.02. The molecule has 0 saturated carbocycles. The zero-order valence-corrected chi connectivity index (χ0v) is 25.6. The number of carbonyl (C=O) groups is 3.